The van der Waals surface area contributed by atoms with Crippen molar-refractivity contribution in [3.05, 3.63) is 95.7 Å². The van der Waals surface area contributed by atoms with Gasteiger partial charge in [-0.15, -0.1) is 0 Å². The van der Waals surface area contributed by atoms with Gasteiger partial charge >= 0.3 is 0 Å². The first-order valence-electron chi connectivity index (χ1n) is 10.6. The van der Waals surface area contributed by atoms with E-state index in [1.54, 1.807) is 25.3 Å². The van der Waals surface area contributed by atoms with Crippen molar-refractivity contribution >= 4 is 20.7 Å². The molecule has 1 unspecified atom stereocenters. The molecule has 0 fully saturated rings. The molecule has 0 aliphatic heterocycles. The monoisotopic (exact) mass is 456 g/mol. The van der Waals surface area contributed by atoms with Gasteiger partial charge in [0.2, 0.25) is 0 Å². The van der Waals surface area contributed by atoms with Crippen molar-refractivity contribution in [3.63, 3.8) is 0 Å². The van der Waals surface area contributed by atoms with Crippen LogP contribution in [0.2, 0.25) is 0 Å². The number of hydrogen-bond donors (Lipinski definition) is 0. The standard InChI is InChI=1S/C27H24N2O3S/c1-19(33(2,30)31)13-21-15-23-10-6-12-29-27(23)25(16-21)22-9-5-7-20(14-22)18-32-26-11-4-3-8-24(26)17-28/h3-12,14-16,19H,13,18H2,1-2H3. The molecule has 0 saturated carbocycles. The highest BCUT2D eigenvalue weighted by Gasteiger charge is 2.17. The largest absolute Gasteiger partial charge is 0.488 e. The van der Waals surface area contributed by atoms with Gasteiger partial charge in [-0.25, -0.2) is 8.42 Å². The van der Waals surface area contributed by atoms with Gasteiger partial charge in [-0.05, 0) is 66.4 Å². The summed E-state index contributed by atoms with van der Waals surface area (Å²) in [6, 6.07) is 25.2. The van der Waals surface area contributed by atoms with Crippen LogP contribution in [0, 0.1) is 11.3 Å². The summed E-state index contributed by atoms with van der Waals surface area (Å²) < 4.78 is 29.9. The van der Waals surface area contributed by atoms with E-state index >= 15 is 0 Å². The highest BCUT2D eigenvalue weighted by molar-refractivity contribution is 7.91. The van der Waals surface area contributed by atoms with Gasteiger partial charge in [-0.2, -0.15) is 5.26 Å². The molecule has 33 heavy (non-hydrogen) atoms. The molecule has 4 aromatic rings. The molecule has 4 rings (SSSR count). The Kier molecular flexibility index (Phi) is 6.43. The lowest BCUT2D eigenvalue weighted by molar-refractivity contribution is 0.305. The zero-order valence-electron chi connectivity index (χ0n) is 18.5. The first kappa shape index (κ1) is 22.5. The summed E-state index contributed by atoms with van der Waals surface area (Å²) in [7, 11) is -3.13. The van der Waals surface area contributed by atoms with Gasteiger partial charge in [0.05, 0.1) is 16.3 Å². The summed E-state index contributed by atoms with van der Waals surface area (Å²) in [5.41, 5.74) is 5.19. The van der Waals surface area contributed by atoms with Crippen molar-refractivity contribution in [2.45, 2.75) is 25.2 Å². The fourth-order valence-electron chi connectivity index (χ4n) is 3.75. The fourth-order valence-corrected chi connectivity index (χ4v) is 4.25. The molecular formula is C27H24N2O3S. The van der Waals surface area contributed by atoms with Crippen molar-refractivity contribution in [3.8, 4) is 22.9 Å². The van der Waals surface area contributed by atoms with E-state index in [1.165, 1.54) is 6.26 Å². The van der Waals surface area contributed by atoms with Crippen LogP contribution in [0.15, 0.2) is 79.0 Å². The lowest BCUT2D eigenvalue weighted by Crippen LogP contribution is -2.18. The summed E-state index contributed by atoms with van der Waals surface area (Å²) in [6.07, 6.45) is 3.47. The number of nitrogens with zero attached hydrogens (tertiary/aromatic N) is 2. The first-order chi connectivity index (χ1) is 15.8. The Bertz CT molecular complexity index is 1460. The molecule has 0 saturated heterocycles. The maximum Gasteiger partial charge on any atom is 0.150 e. The van der Waals surface area contributed by atoms with E-state index in [0.717, 1.165) is 33.2 Å². The average molecular weight is 457 g/mol. The van der Waals surface area contributed by atoms with Crippen molar-refractivity contribution in [2.75, 3.05) is 6.26 Å². The Labute approximate surface area is 194 Å². The zero-order valence-corrected chi connectivity index (χ0v) is 19.3. The number of pyridine rings is 1. The lowest BCUT2D eigenvalue weighted by atomic mass is 9.96. The fraction of sp³-hybridized carbons (Fsp3) is 0.185. The van der Waals surface area contributed by atoms with Crippen molar-refractivity contribution in [1.82, 2.24) is 4.98 Å². The summed E-state index contributed by atoms with van der Waals surface area (Å²) in [4.78, 5) is 4.59. The van der Waals surface area contributed by atoms with Crippen LogP contribution in [0.25, 0.3) is 22.0 Å². The second-order valence-corrected chi connectivity index (χ2v) is 10.6. The first-order valence-corrected chi connectivity index (χ1v) is 12.6. The van der Waals surface area contributed by atoms with Gasteiger partial charge in [0.15, 0.2) is 0 Å². The minimum absolute atomic E-state index is 0.322. The summed E-state index contributed by atoms with van der Waals surface area (Å²) in [6.45, 7) is 2.06. The Hall–Kier alpha value is -3.69. The van der Waals surface area contributed by atoms with Crippen LogP contribution in [0.1, 0.15) is 23.6 Å². The summed E-state index contributed by atoms with van der Waals surface area (Å²) in [5, 5.41) is 9.77. The number of sulfone groups is 1. The number of benzene rings is 3. The Balaban J connectivity index is 1.69. The van der Waals surface area contributed by atoms with Crippen LogP contribution in [0.5, 0.6) is 5.75 Å². The molecule has 1 aromatic heterocycles. The Morgan fingerprint density at radius 3 is 2.61 bits per heavy atom. The second-order valence-electron chi connectivity index (χ2n) is 8.16. The van der Waals surface area contributed by atoms with E-state index in [0.29, 0.717) is 24.3 Å². The van der Waals surface area contributed by atoms with E-state index < -0.39 is 15.1 Å². The molecule has 0 aliphatic carbocycles. The molecule has 0 N–H and O–H groups in total. The molecule has 0 bridgehead atoms. The van der Waals surface area contributed by atoms with Crippen LogP contribution in [0.3, 0.4) is 0 Å². The predicted molar refractivity (Wildman–Crippen MR) is 131 cm³/mol. The van der Waals surface area contributed by atoms with Gasteiger partial charge in [-0.3, -0.25) is 4.98 Å². The SMILES string of the molecule is CC(Cc1cc(-c2cccc(COc3ccccc3C#N)c2)c2ncccc2c1)S(C)(=O)=O. The molecule has 0 amide bonds. The van der Waals surface area contributed by atoms with E-state index in [9.17, 15) is 13.7 Å². The van der Waals surface area contributed by atoms with Crippen LogP contribution < -0.4 is 4.74 Å². The third kappa shape index (κ3) is 5.21. The minimum atomic E-state index is -3.13. The molecule has 166 valence electrons. The molecule has 5 nitrogen and oxygen atoms in total. The highest BCUT2D eigenvalue weighted by atomic mass is 32.2. The van der Waals surface area contributed by atoms with Crippen LogP contribution in [-0.4, -0.2) is 24.9 Å². The average Bonchev–Trinajstić information content (AvgIpc) is 2.82. The van der Waals surface area contributed by atoms with E-state index in [2.05, 4.69) is 11.1 Å². The number of fused-ring (bicyclic) bond motifs is 1. The summed E-state index contributed by atoms with van der Waals surface area (Å²) >= 11 is 0. The topological polar surface area (TPSA) is 80.0 Å². The van der Waals surface area contributed by atoms with Crippen LogP contribution in [0.4, 0.5) is 0 Å². The Morgan fingerprint density at radius 2 is 1.82 bits per heavy atom. The highest BCUT2D eigenvalue weighted by Crippen LogP contribution is 2.30. The molecule has 0 aliphatic rings. The van der Waals surface area contributed by atoms with E-state index in [-0.39, 0.29) is 0 Å². The molecule has 0 radical (unpaired) electrons. The normalized spacial score (nSPS) is 12.3. The number of rotatable bonds is 7. The maximum absolute atomic E-state index is 12.0. The molecular weight excluding hydrogens is 432 g/mol. The number of aromatic nitrogens is 1. The second kappa shape index (κ2) is 9.43. The minimum Gasteiger partial charge on any atom is -0.488 e. The molecule has 3 aromatic carbocycles. The van der Waals surface area contributed by atoms with Crippen molar-refractivity contribution in [2.24, 2.45) is 0 Å². The molecule has 1 heterocycles. The number of hydrogen-bond acceptors (Lipinski definition) is 5. The lowest BCUT2D eigenvalue weighted by Gasteiger charge is -2.14. The van der Waals surface area contributed by atoms with Gasteiger partial charge in [0, 0.05) is 23.4 Å². The van der Waals surface area contributed by atoms with Gasteiger partial charge in [0.1, 0.15) is 28.3 Å². The number of para-hydroxylation sites is 1. The van der Waals surface area contributed by atoms with E-state index in [1.807, 2.05) is 60.7 Å². The maximum atomic E-state index is 12.0. The zero-order chi connectivity index (χ0) is 23.4. The molecule has 6 heteroatoms. The van der Waals surface area contributed by atoms with Crippen LogP contribution >= 0.6 is 0 Å². The number of ether oxygens (including phenoxy) is 1. The number of nitriles is 1. The Morgan fingerprint density at radius 1 is 1.00 bits per heavy atom. The van der Waals surface area contributed by atoms with Crippen LogP contribution in [-0.2, 0) is 22.9 Å². The van der Waals surface area contributed by atoms with Crippen molar-refractivity contribution in [1.29, 1.82) is 5.26 Å². The van der Waals surface area contributed by atoms with E-state index in [4.69, 9.17) is 4.74 Å². The predicted octanol–water partition coefficient (Wildman–Crippen LogP) is 5.33. The third-order valence-corrected chi connectivity index (χ3v) is 7.29. The molecule has 0 spiro atoms. The summed E-state index contributed by atoms with van der Waals surface area (Å²) in [5.74, 6) is 0.550. The van der Waals surface area contributed by atoms with Gasteiger partial charge in [0.25, 0.3) is 0 Å². The quantitative estimate of drug-likeness (QED) is 0.376. The van der Waals surface area contributed by atoms with Gasteiger partial charge in [-0.1, -0.05) is 36.4 Å². The van der Waals surface area contributed by atoms with Gasteiger partial charge < -0.3 is 4.74 Å². The van der Waals surface area contributed by atoms with Crippen molar-refractivity contribution < 1.29 is 13.2 Å². The smallest absolute Gasteiger partial charge is 0.150 e. The third-order valence-electron chi connectivity index (χ3n) is 5.66. The molecule has 1 atom stereocenters.